The quantitative estimate of drug-likeness (QED) is 0.745. The smallest absolute Gasteiger partial charge is 0.186 e. The van der Waals surface area contributed by atoms with Gasteiger partial charge in [-0.25, -0.2) is 0 Å². The first kappa shape index (κ1) is 12.5. The van der Waals surface area contributed by atoms with Crippen LogP contribution in [0.5, 0.6) is 0 Å². The molecule has 17 heavy (non-hydrogen) atoms. The molecule has 2 nitrogen and oxygen atoms in total. The summed E-state index contributed by atoms with van der Waals surface area (Å²) in [5, 5.41) is 4.02. The fraction of sp³-hybridized carbons (Fsp3) is 0.308. The zero-order valence-corrected chi connectivity index (χ0v) is 11.4. The first-order chi connectivity index (χ1) is 8.29. The minimum absolute atomic E-state index is 0.221. The van der Waals surface area contributed by atoms with Gasteiger partial charge in [-0.05, 0) is 29.4 Å². The monoisotopic (exact) mass is 265 g/mol. The number of hydrogen-bond acceptors (Lipinski definition) is 4. The van der Waals surface area contributed by atoms with E-state index in [4.69, 9.17) is 0 Å². The van der Waals surface area contributed by atoms with Crippen LogP contribution < -0.4 is 0 Å². The van der Waals surface area contributed by atoms with E-state index in [1.54, 1.807) is 11.3 Å². The van der Waals surface area contributed by atoms with Gasteiger partial charge in [0.25, 0.3) is 0 Å². The first-order valence-electron chi connectivity index (χ1n) is 5.61. The van der Waals surface area contributed by atoms with Gasteiger partial charge in [-0.3, -0.25) is 9.69 Å². The summed E-state index contributed by atoms with van der Waals surface area (Å²) in [4.78, 5) is 16.3. The molecule has 0 atom stereocenters. The van der Waals surface area contributed by atoms with E-state index >= 15 is 0 Å². The molecule has 90 valence electrons. The molecule has 0 unspecified atom stereocenters. The average molecular weight is 265 g/mol. The molecule has 2 rings (SSSR count). The fourth-order valence-electron chi connectivity index (χ4n) is 1.62. The second-order valence-electron chi connectivity index (χ2n) is 3.78. The van der Waals surface area contributed by atoms with Gasteiger partial charge < -0.3 is 0 Å². The molecule has 0 aliphatic heterocycles. The van der Waals surface area contributed by atoms with Crippen LogP contribution in [-0.4, -0.2) is 23.8 Å². The van der Waals surface area contributed by atoms with Crippen LogP contribution in [0.2, 0.25) is 0 Å². The van der Waals surface area contributed by atoms with E-state index in [9.17, 15) is 4.79 Å². The van der Waals surface area contributed by atoms with Crippen LogP contribution >= 0.6 is 22.7 Å². The molecule has 2 heterocycles. The molecule has 0 fully saturated rings. The van der Waals surface area contributed by atoms with Crippen LogP contribution in [0, 0.1) is 0 Å². The van der Waals surface area contributed by atoms with Crippen molar-refractivity contribution in [3.05, 3.63) is 44.8 Å². The third-order valence-corrected chi connectivity index (χ3v) is 4.34. The van der Waals surface area contributed by atoms with E-state index in [0.29, 0.717) is 6.54 Å². The number of carbonyl (C=O) groups excluding carboxylic acids is 1. The Kier molecular flexibility index (Phi) is 4.48. The van der Waals surface area contributed by atoms with Crippen molar-refractivity contribution in [3.8, 4) is 0 Å². The number of Topliss-reactive ketones (excluding diaryl/α,β-unsaturated/α-hetero) is 1. The van der Waals surface area contributed by atoms with Gasteiger partial charge in [0.1, 0.15) is 0 Å². The highest BCUT2D eigenvalue weighted by Crippen LogP contribution is 2.14. The third kappa shape index (κ3) is 3.49. The molecule has 0 saturated carbocycles. The summed E-state index contributed by atoms with van der Waals surface area (Å²) in [6.45, 7) is 4.37. The lowest BCUT2D eigenvalue weighted by molar-refractivity contribution is 0.0934. The lowest BCUT2D eigenvalue weighted by Gasteiger charge is -2.18. The highest BCUT2D eigenvalue weighted by atomic mass is 32.1. The number of hydrogen-bond donors (Lipinski definition) is 0. The van der Waals surface area contributed by atoms with Crippen molar-refractivity contribution in [2.24, 2.45) is 0 Å². The predicted octanol–water partition coefficient (Wildman–Crippen LogP) is 3.51. The molecule has 4 heteroatoms. The van der Waals surface area contributed by atoms with Crippen LogP contribution in [0.1, 0.15) is 21.5 Å². The van der Waals surface area contributed by atoms with E-state index in [2.05, 4.69) is 29.3 Å². The largest absolute Gasteiger partial charge is 0.292 e. The molecule has 0 aliphatic rings. The Bertz CT molecular complexity index is 448. The molecule has 2 aromatic rings. The van der Waals surface area contributed by atoms with Crippen molar-refractivity contribution in [1.82, 2.24) is 4.90 Å². The number of nitrogens with zero attached hydrogens (tertiary/aromatic N) is 1. The summed E-state index contributed by atoms with van der Waals surface area (Å²) in [6, 6.07) is 7.98. The van der Waals surface area contributed by atoms with Gasteiger partial charge in [0.05, 0.1) is 11.4 Å². The van der Waals surface area contributed by atoms with Crippen molar-refractivity contribution in [2.75, 3.05) is 13.1 Å². The van der Waals surface area contributed by atoms with Crippen molar-refractivity contribution in [2.45, 2.75) is 13.5 Å². The maximum Gasteiger partial charge on any atom is 0.186 e. The van der Waals surface area contributed by atoms with Gasteiger partial charge in [-0.15, -0.1) is 22.7 Å². The number of thiophene rings is 2. The van der Waals surface area contributed by atoms with E-state index in [1.165, 1.54) is 16.2 Å². The van der Waals surface area contributed by atoms with E-state index in [0.717, 1.165) is 18.0 Å². The number of likely N-dealkylation sites (N-methyl/N-ethyl adjacent to an activating group) is 1. The molecule has 2 aromatic heterocycles. The van der Waals surface area contributed by atoms with Crippen molar-refractivity contribution in [3.63, 3.8) is 0 Å². The Morgan fingerprint density at radius 3 is 2.59 bits per heavy atom. The minimum atomic E-state index is 0.221. The lowest BCUT2D eigenvalue weighted by atomic mass is 10.3. The molecule has 0 aromatic carbocycles. The zero-order valence-electron chi connectivity index (χ0n) is 9.76. The minimum Gasteiger partial charge on any atom is -0.292 e. The number of carbonyl (C=O) groups is 1. The highest BCUT2D eigenvalue weighted by Gasteiger charge is 2.12. The van der Waals surface area contributed by atoms with Crippen LogP contribution in [0.3, 0.4) is 0 Å². The third-order valence-electron chi connectivity index (χ3n) is 2.57. The summed E-state index contributed by atoms with van der Waals surface area (Å²) in [5.74, 6) is 0.221. The molecule has 0 radical (unpaired) electrons. The van der Waals surface area contributed by atoms with Gasteiger partial charge in [0.15, 0.2) is 5.78 Å². The Hall–Kier alpha value is -0.970. The van der Waals surface area contributed by atoms with E-state index in [1.807, 2.05) is 17.5 Å². The second-order valence-corrected chi connectivity index (χ2v) is 5.76. The van der Waals surface area contributed by atoms with Crippen LogP contribution in [0.25, 0.3) is 0 Å². The van der Waals surface area contributed by atoms with Crippen LogP contribution in [0.4, 0.5) is 0 Å². The molecule has 0 aliphatic carbocycles. The molecule has 0 N–H and O–H groups in total. The molecule has 0 bridgehead atoms. The number of ketones is 1. The fourth-order valence-corrected chi connectivity index (χ4v) is 3.02. The van der Waals surface area contributed by atoms with Gasteiger partial charge in [0.2, 0.25) is 0 Å². The van der Waals surface area contributed by atoms with Crippen molar-refractivity contribution in [1.29, 1.82) is 0 Å². The Morgan fingerprint density at radius 1 is 1.24 bits per heavy atom. The van der Waals surface area contributed by atoms with Gasteiger partial charge in [-0.1, -0.05) is 19.1 Å². The first-order valence-corrected chi connectivity index (χ1v) is 7.37. The van der Waals surface area contributed by atoms with Gasteiger partial charge in [0, 0.05) is 11.4 Å². The van der Waals surface area contributed by atoms with Gasteiger partial charge in [-0.2, -0.15) is 0 Å². The lowest BCUT2D eigenvalue weighted by Crippen LogP contribution is -2.28. The predicted molar refractivity (Wildman–Crippen MR) is 73.9 cm³/mol. The second kappa shape index (κ2) is 6.10. The summed E-state index contributed by atoms with van der Waals surface area (Å²) < 4.78 is 0. The molecule has 0 amide bonds. The van der Waals surface area contributed by atoms with E-state index < -0.39 is 0 Å². The maximum atomic E-state index is 12.0. The van der Waals surface area contributed by atoms with Gasteiger partial charge >= 0.3 is 0 Å². The van der Waals surface area contributed by atoms with E-state index in [-0.39, 0.29) is 5.78 Å². The number of rotatable bonds is 6. The molecular formula is C13H15NOS2. The van der Waals surface area contributed by atoms with Crippen molar-refractivity contribution < 1.29 is 4.79 Å². The summed E-state index contributed by atoms with van der Waals surface area (Å²) in [6.07, 6.45) is 0. The van der Waals surface area contributed by atoms with Crippen LogP contribution in [-0.2, 0) is 6.54 Å². The Morgan fingerprint density at radius 2 is 2.00 bits per heavy atom. The normalized spacial score (nSPS) is 10.9. The summed E-state index contributed by atoms with van der Waals surface area (Å²) in [5.41, 5.74) is 0. The van der Waals surface area contributed by atoms with Crippen molar-refractivity contribution >= 4 is 28.5 Å². The summed E-state index contributed by atoms with van der Waals surface area (Å²) >= 11 is 3.26. The topological polar surface area (TPSA) is 20.3 Å². The SMILES string of the molecule is CCN(CC(=O)c1cccs1)Cc1cccs1. The molecular weight excluding hydrogens is 250 g/mol. The Labute approximate surface area is 110 Å². The Balaban J connectivity index is 1.93. The maximum absolute atomic E-state index is 12.0. The molecule has 0 saturated heterocycles. The average Bonchev–Trinajstić information content (AvgIpc) is 3.00. The highest BCUT2D eigenvalue weighted by molar-refractivity contribution is 7.12. The zero-order chi connectivity index (χ0) is 12.1. The molecule has 0 spiro atoms. The standard InChI is InChI=1S/C13H15NOS2/c1-2-14(9-11-5-3-7-16-11)10-12(15)13-6-4-8-17-13/h3-8H,2,9-10H2,1H3. The summed E-state index contributed by atoms with van der Waals surface area (Å²) in [7, 11) is 0. The van der Waals surface area contributed by atoms with Crippen LogP contribution in [0.15, 0.2) is 35.0 Å².